The van der Waals surface area contributed by atoms with E-state index in [2.05, 4.69) is 22.1 Å². The Kier molecular flexibility index (Phi) is 7.78. The van der Waals surface area contributed by atoms with Gasteiger partial charge in [0.1, 0.15) is 18.2 Å². The summed E-state index contributed by atoms with van der Waals surface area (Å²) in [6, 6.07) is 10.5. The summed E-state index contributed by atoms with van der Waals surface area (Å²) in [5.74, 6) is 4.73. The number of aliphatic hydroxyl groups excluding tert-OH is 1. The van der Waals surface area contributed by atoms with Gasteiger partial charge in [0.2, 0.25) is 0 Å². The fraction of sp³-hybridized carbons (Fsp3) is 0.423. The van der Waals surface area contributed by atoms with E-state index in [1.807, 2.05) is 24.3 Å². The maximum absolute atomic E-state index is 14.1. The number of fused-ring (bicyclic) bond motifs is 1. The summed E-state index contributed by atoms with van der Waals surface area (Å²) >= 11 is 0. The van der Waals surface area contributed by atoms with Crippen molar-refractivity contribution >= 4 is 11.7 Å². The molecule has 0 radical (unpaired) electrons. The van der Waals surface area contributed by atoms with Crippen molar-refractivity contribution in [3.63, 3.8) is 0 Å². The highest BCUT2D eigenvalue weighted by atomic mass is 19.1. The molecular weight excluding hydrogens is 440 g/mol. The number of anilines is 1. The molecule has 2 saturated heterocycles. The average molecular weight is 470 g/mol. The lowest BCUT2D eigenvalue weighted by molar-refractivity contribution is -0.0585. The van der Waals surface area contributed by atoms with Crippen LogP contribution >= 0.6 is 0 Å². The fourth-order valence-corrected chi connectivity index (χ4v) is 4.91. The topological polar surface area (TPSA) is 65.0 Å². The summed E-state index contributed by atoms with van der Waals surface area (Å²) < 4.78 is 32.5. The summed E-state index contributed by atoms with van der Waals surface area (Å²) in [5.41, 5.74) is 1.79. The van der Waals surface area contributed by atoms with Crippen LogP contribution in [0, 0.1) is 23.5 Å². The molecule has 0 bridgehead atoms. The number of benzene rings is 2. The highest BCUT2D eigenvalue weighted by molar-refractivity contribution is 5.89. The molecule has 34 heavy (non-hydrogen) atoms. The standard InChI is InChI=1S/C26H29F2N3O3/c1-34-14-4-5-18-6-8-19(9-7-18)25-23-16-30(12-2-3-13-31(23)24(25)17-32)26(33)29-22-15-20(27)10-11-21(22)28/h6-11,15,23-25,32H,2-3,12-14,16-17H2,1H3,(H,29,33)/t23-,24+,25+/m0/s1. The van der Waals surface area contributed by atoms with Crippen molar-refractivity contribution in [1.29, 1.82) is 0 Å². The van der Waals surface area contributed by atoms with Crippen molar-refractivity contribution in [2.75, 3.05) is 45.3 Å². The average Bonchev–Trinajstić information content (AvgIpc) is 2.81. The van der Waals surface area contributed by atoms with Crippen LogP contribution in [0.1, 0.15) is 29.9 Å². The van der Waals surface area contributed by atoms with E-state index in [1.165, 1.54) is 0 Å². The second-order valence-electron chi connectivity index (χ2n) is 8.65. The molecule has 180 valence electrons. The molecule has 2 aliphatic rings. The SMILES string of the molecule is COCC#Cc1ccc([C@H]2[C@@H](CO)N3CCCCN(C(=O)Nc4cc(F)ccc4F)C[C@@H]23)cc1. The van der Waals surface area contributed by atoms with Crippen LogP contribution in [0.5, 0.6) is 0 Å². The number of nitrogens with zero attached hydrogens (tertiary/aromatic N) is 2. The lowest BCUT2D eigenvalue weighted by Gasteiger charge is -2.57. The minimum absolute atomic E-state index is 0.0194. The van der Waals surface area contributed by atoms with Gasteiger partial charge in [0.15, 0.2) is 0 Å². The number of halogens is 2. The van der Waals surface area contributed by atoms with Gasteiger partial charge in [-0.05, 0) is 49.2 Å². The number of methoxy groups -OCH3 is 1. The van der Waals surface area contributed by atoms with Crippen LogP contribution in [0.3, 0.4) is 0 Å². The number of carbonyl (C=O) groups excluding carboxylic acids is 1. The maximum Gasteiger partial charge on any atom is 0.321 e. The molecule has 0 spiro atoms. The molecule has 2 aliphatic heterocycles. The molecular formula is C26H29F2N3O3. The number of hydrogen-bond donors (Lipinski definition) is 2. The van der Waals surface area contributed by atoms with Gasteiger partial charge in [0, 0.05) is 49.8 Å². The Morgan fingerprint density at radius 2 is 1.94 bits per heavy atom. The van der Waals surface area contributed by atoms with E-state index in [9.17, 15) is 18.7 Å². The van der Waals surface area contributed by atoms with Gasteiger partial charge in [-0.2, -0.15) is 0 Å². The van der Waals surface area contributed by atoms with E-state index in [1.54, 1.807) is 12.0 Å². The van der Waals surface area contributed by atoms with E-state index >= 15 is 0 Å². The third-order valence-corrected chi connectivity index (χ3v) is 6.57. The molecule has 0 aromatic heterocycles. The van der Waals surface area contributed by atoms with Crippen molar-refractivity contribution in [1.82, 2.24) is 9.80 Å². The largest absolute Gasteiger partial charge is 0.395 e. The summed E-state index contributed by atoms with van der Waals surface area (Å²) in [5, 5.41) is 12.6. The Bertz CT molecular complexity index is 1070. The summed E-state index contributed by atoms with van der Waals surface area (Å²) in [6.07, 6.45) is 1.67. The molecule has 2 aromatic carbocycles. The van der Waals surface area contributed by atoms with Gasteiger partial charge in [0.05, 0.1) is 12.3 Å². The van der Waals surface area contributed by atoms with Gasteiger partial charge in [-0.15, -0.1) is 0 Å². The number of nitrogens with one attached hydrogen (secondary N) is 1. The van der Waals surface area contributed by atoms with Gasteiger partial charge in [0.25, 0.3) is 0 Å². The molecule has 6 nitrogen and oxygen atoms in total. The Balaban J connectivity index is 1.51. The number of hydrogen-bond acceptors (Lipinski definition) is 4. The Morgan fingerprint density at radius 3 is 2.68 bits per heavy atom. The molecule has 4 rings (SSSR count). The predicted octanol–water partition coefficient (Wildman–Crippen LogP) is 3.42. The summed E-state index contributed by atoms with van der Waals surface area (Å²) in [6.45, 7) is 2.20. The van der Waals surface area contributed by atoms with Crippen molar-refractivity contribution in [3.05, 3.63) is 65.2 Å². The first kappa shape index (κ1) is 24.1. The van der Waals surface area contributed by atoms with E-state index < -0.39 is 17.7 Å². The first-order valence-corrected chi connectivity index (χ1v) is 11.5. The second kappa shape index (κ2) is 11.0. The first-order valence-electron chi connectivity index (χ1n) is 11.5. The lowest BCUT2D eigenvalue weighted by Crippen LogP contribution is -2.68. The summed E-state index contributed by atoms with van der Waals surface area (Å²) in [7, 11) is 1.60. The number of aliphatic hydroxyl groups is 1. The highest BCUT2D eigenvalue weighted by Crippen LogP contribution is 2.42. The normalized spacial score (nSPS) is 22.5. The van der Waals surface area contributed by atoms with E-state index in [0.29, 0.717) is 19.7 Å². The van der Waals surface area contributed by atoms with Crippen molar-refractivity contribution in [2.45, 2.75) is 30.8 Å². The number of carbonyl (C=O) groups is 1. The molecule has 0 saturated carbocycles. The zero-order chi connectivity index (χ0) is 24.1. The molecule has 2 fully saturated rings. The van der Waals surface area contributed by atoms with Gasteiger partial charge in [-0.1, -0.05) is 24.0 Å². The molecule has 2 amide bonds. The molecule has 0 aliphatic carbocycles. The minimum Gasteiger partial charge on any atom is -0.395 e. The number of urea groups is 1. The van der Waals surface area contributed by atoms with Crippen LogP contribution in [0.2, 0.25) is 0 Å². The third kappa shape index (κ3) is 5.22. The van der Waals surface area contributed by atoms with Gasteiger partial charge in [-0.3, -0.25) is 4.90 Å². The Morgan fingerprint density at radius 1 is 1.18 bits per heavy atom. The van der Waals surface area contributed by atoms with Crippen LogP contribution in [0.15, 0.2) is 42.5 Å². The maximum atomic E-state index is 14.1. The third-order valence-electron chi connectivity index (χ3n) is 6.57. The highest BCUT2D eigenvalue weighted by Gasteiger charge is 2.49. The molecule has 2 aromatic rings. The smallest absolute Gasteiger partial charge is 0.321 e. The van der Waals surface area contributed by atoms with Crippen molar-refractivity contribution in [2.24, 2.45) is 0 Å². The van der Waals surface area contributed by atoms with Gasteiger partial charge in [-0.25, -0.2) is 13.6 Å². The Labute approximate surface area is 198 Å². The number of ether oxygens (including phenoxy) is 1. The van der Waals surface area contributed by atoms with Gasteiger partial charge >= 0.3 is 6.03 Å². The molecule has 8 heteroatoms. The van der Waals surface area contributed by atoms with E-state index in [-0.39, 0.29) is 30.3 Å². The van der Waals surface area contributed by atoms with Crippen molar-refractivity contribution in [3.8, 4) is 11.8 Å². The van der Waals surface area contributed by atoms with Gasteiger partial charge < -0.3 is 20.1 Å². The van der Waals surface area contributed by atoms with Crippen LogP contribution in [-0.4, -0.2) is 73.0 Å². The predicted molar refractivity (Wildman–Crippen MR) is 125 cm³/mol. The quantitative estimate of drug-likeness (QED) is 0.674. The summed E-state index contributed by atoms with van der Waals surface area (Å²) in [4.78, 5) is 16.9. The zero-order valence-corrected chi connectivity index (χ0v) is 19.1. The fourth-order valence-electron chi connectivity index (χ4n) is 4.91. The molecule has 2 heterocycles. The number of rotatable bonds is 4. The first-order chi connectivity index (χ1) is 16.5. The van der Waals surface area contributed by atoms with E-state index in [4.69, 9.17) is 4.74 Å². The number of amides is 2. The monoisotopic (exact) mass is 469 g/mol. The second-order valence-corrected chi connectivity index (χ2v) is 8.65. The van der Waals surface area contributed by atoms with Crippen molar-refractivity contribution < 1.29 is 23.4 Å². The van der Waals surface area contributed by atoms with Crippen LogP contribution in [0.25, 0.3) is 0 Å². The van der Waals surface area contributed by atoms with E-state index in [0.717, 1.165) is 48.7 Å². The Hall–Kier alpha value is -2.99. The zero-order valence-electron chi connectivity index (χ0n) is 19.1. The minimum atomic E-state index is -0.682. The lowest BCUT2D eigenvalue weighted by atomic mass is 9.74. The van der Waals surface area contributed by atoms with Crippen LogP contribution < -0.4 is 5.32 Å². The van der Waals surface area contributed by atoms with Crippen LogP contribution in [-0.2, 0) is 4.74 Å². The molecule has 2 N–H and O–H groups in total. The van der Waals surface area contributed by atoms with Crippen LogP contribution in [0.4, 0.5) is 19.3 Å². The molecule has 3 atom stereocenters. The molecule has 0 unspecified atom stereocenters.